The summed E-state index contributed by atoms with van der Waals surface area (Å²) in [4.78, 5) is 54.5. The third kappa shape index (κ3) is 17.3. The Morgan fingerprint density at radius 3 is 1.46 bits per heavy atom. The Labute approximate surface area is 634 Å². The highest BCUT2D eigenvalue weighted by molar-refractivity contribution is 7.44. The molecule has 0 saturated heterocycles. The first-order chi connectivity index (χ1) is 51.9. The SMILES string of the molecule is COc1ccc(C(OCC(COCCCNC(=O)c2ccc3c(c2)C2(OC3=O)c3ccc(OC(=O)C(C)(C)C)cc3Oc3cc(OC(=O)C(C)(C)C)ccc32)OP(OCCC#N)N(C(C)C)C(C)C)(c2ccc(CCC(F)(F)C(F)(F)C(F)(F)C(F)(F)C(F)(F)C(F)(F)C(F)(F)C(F)(F)F)cc2)c2ccc(OC)cc2)cc1. The van der Waals surface area contributed by atoms with Gasteiger partial charge in [-0.05, 0) is 171 Å². The molecule has 0 saturated carbocycles. The molecule has 2 unspecified atom stereocenters. The Balaban J connectivity index is 1.09. The van der Waals surface area contributed by atoms with Gasteiger partial charge in [0.2, 0.25) is 0 Å². The zero-order valence-electron chi connectivity index (χ0n) is 62.2. The van der Waals surface area contributed by atoms with Crippen LogP contribution in [0, 0.1) is 22.2 Å². The first-order valence-electron chi connectivity index (χ1n) is 34.5. The van der Waals surface area contributed by atoms with E-state index in [1.165, 1.54) is 105 Å². The number of halogens is 17. The maximum Gasteiger partial charge on any atom is 0.460 e. The van der Waals surface area contributed by atoms with Gasteiger partial charge in [0.05, 0.1) is 62.9 Å². The molecule has 2 aliphatic rings. The lowest BCUT2D eigenvalue weighted by Gasteiger charge is -2.42. The maximum atomic E-state index is 15.4. The summed E-state index contributed by atoms with van der Waals surface area (Å²) in [5, 5.41) is 12.4. The molecule has 2 heterocycles. The van der Waals surface area contributed by atoms with E-state index < -0.39 is 133 Å². The van der Waals surface area contributed by atoms with E-state index in [0.29, 0.717) is 11.5 Å². The monoisotopic (exact) mass is 1620 g/mol. The predicted molar refractivity (Wildman–Crippen MR) is 370 cm³/mol. The number of rotatable bonds is 34. The van der Waals surface area contributed by atoms with E-state index in [1.807, 2.05) is 38.4 Å². The van der Waals surface area contributed by atoms with Gasteiger partial charge in [-0.1, -0.05) is 48.5 Å². The molecule has 0 aliphatic carbocycles. The molecular weight excluding hydrogens is 1540 g/mol. The first-order valence-corrected chi connectivity index (χ1v) is 35.6. The smallest absolute Gasteiger partial charge is 0.460 e. The second-order valence-electron chi connectivity index (χ2n) is 28.8. The number of hydrogen-bond donors (Lipinski definition) is 1. The summed E-state index contributed by atoms with van der Waals surface area (Å²) in [6, 6.07) is 31.0. The van der Waals surface area contributed by atoms with E-state index in [0.717, 1.165) is 24.3 Å². The van der Waals surface area contributed by atoms with Crippen molar-refractivity contribution in [3.05, 3.63) is 177 Å². The molecule has 0 radical (unpaired) electrons. The molecule has 1 spiro atoms. The highest BCUT2D eigenvalue weighted by Crippen LogP contribution is 2.65. The molecule has 6 aromatic rings. The molecule has 112 heavy (non-hydrogen) atoms. The van der Waals surface area contributed by atoms with E-state index >= 15 is 17.6 Å². The first kappa shape index (κ1) is 88.7. The quantitative estimate of drug-likeness (QED) is 0.00998. The third-order valence-corrected chi connectivity index (χ3v) is 20.2. The molecule has 2 atom stereocenters. The topological polar surface area (TPSA) is 200 Å². The summed E-state index contributed by atoms with van der Waals surface area (Å²) in [5.41, 5.74) is -4.67. The molecule has 2 aliphatic heterocycles. The van der Waals surface area contributed by atoms with Crippen LogP contribution in [0.1, 0.15) is 148 Å². The van der Waals surface area contributed by atoms with Crippen LogP contribution in [0.25, 0.3) is 0 Å². The van der Waals surface area contributed by atoms with Crippen molar-refractivity contribution in [2.24, 2.45) is 10.8 Å². The summed E-state index contributed by atoms with van der Waals surface area (Å²) in [6.45, 7) is 16.2. The van der Waals surface area contributed by atoms with Crippen molar-refractivity contribution >= 4 is 32.3 Å². The molecule has 610 valence electrons. The number of nitrogens with one attached hydrogen (secondary N) is 1. The highest BCUT2D eigenvalue weighted by Gasteiger charge is 2.95. The minimum absolute atomic E-state index is 0.0339. The Morgan fingerprint density at radius 1 is 0.562 bits per heavy atom. The number of hydrogen-bond acceptors (Lipinski definition) is 16. The molecule has 8 rings (SSSR count). The Hall–Kier alpha value is -8.87. The number of esters is 3. The number of benzene rings is 6. The minimum atomic E-state index is -8.78. The van der Waals surface area contributed by atoms with Crippen LogP contribution in [0.4, 0.5) is 74.6 Å². The average Bonchev–Trinajstić information content (AvgIpc) is 0.905. The lowest BCUT2D eigenvalue weighted by molar-refractivity contribution is -0.461. The Bertz CT molecular complexity index is 4260. The molecule has 0 aromatic heterocycles. The predicted octanol–water partition coefficient (Wildman–Crippen LogP) is 18.9. The second-order valence-corrected chi connectivity index (χ2v) is 30.2. The van der Waals surface area contributed by atoms with Crippen LogP contribution in [0.2, 0.25) is 0 Å². The molecule has 1 N–H and O–H groups in total. The van der Waals surface area contributed by atoms with Crippen molar-refractivity contribution in [1.82, 2.24) is 9.99 Å². The Morgan fingerprint density at radius 2 is 1.02 bits per heavy atom. The van der Waals surface area contributed by atoms with E-state index in [-0.39, 0.29) is 119 Å². The van der Waals surface area contributed by atoms with E-state index in [9.17, 15) is 81.5 Å². The Kier molecular flexibility index (Phi) is 26.4. The van der Waals surface area contributed by atoms with Crippen LogP contribution in [0.15, 0.2) is 127 Å². The summed E-state index contributed by atoms with van der Waals surface area (Å²) < 4.78 is 306. The van der Waals surface area contributed by atoms with E-state index in [2.05, 4.69) is 5.32 Å². The number of aryl methyl sites for hydroxylation is 1. The van der Waals surface area contributed by atoms with Crippen LogP contribution in [-0.4, -0.2) is 141 Å². The van der Waals surface area contributed by atoms with Crippen molar-refractivity contribution in [2.45, 2.75) is 172 Å². The molecule has 0 bridgehead atoms. The van der Waals surface area contributed by atoms with E-state index in [1.54, 1.807) is 53.7 Å². The van der Waals surface area contributed by atoms with Crippen LogP contribution in [0.3, 0.4) is 0 Å². The number of ether oxygens (including phenoxy) is 8. The number of nitrogens with zero attached hydrogens (tertiary/aromatic N) is 2. The van der Waals surface area contributed by atoms with Gasteiger partial charge < -0.3 is 52.3 Å². The van der Waals surface area contributed by atoms with Gasteiger partial charge >= 0.3 is 65.5 Å². The minimum Gasteiger partial charge on any atom is -0.497 e. The molecule has 0 fully saturated rings. The van der Waals surface area contributed by atoms with Gasteiger partial charge in [-0.3, -0.25) is 14.4 Å². The van der Waals surface area contributed by atoms with Crippen molar-refractivity contribution < 1.29 is 141 Å². The number of amides is 1. The third-order valence-electron chi connectivity index (χ3n) is 18.0. The second kappa shape index (κ2) is 33.3. The number of alkyl halides is 17. The fourth-order valence-corrected chi connectivity index (χ4v) is 13.6. The largest absolute Gasteiger partial charge is 0.497 e. The van der Waals surface area contributed by atoms with Crippen molar-refractivity contribution in [3.8, 4) is 40.6 Å². The van der Waals surface area contributed by atoms with Crippen LogP contribution in [0.5, 0.6) is 34.5 Å². The number of methoxy groups -OCH3 is 2. The fraction of sp³-hybridized carbons (Fsp3) is 0.468. The molecule has 6 aromatic carbocycles. The standard InChI is InChI=1S/C77H79F17N3O14P/c1-44(2)97(45(3)4)112(106-38-13-35-95)111-55(42-104-37-14-36-96-62(98)47-17-30-56-59(39-47)70(110-63(56)99)57-31-28-53(107-64(100)66(5,6)7)40-60(57)109-61-41-54(29-32-58(61)70)108-65(101)67(8,9)10)43-105-69(49-20-24-51(102-11)25-21-49,50-22-26-52(103-12)27-23-50)48-18-15-46(16-19-48)33-34-68(78,79)71(80,81)72(82,83)73(84,85)74(86,87)75(88,89)76(90,91)77(92,93)94/h15-32,39-41,44-45,55H,13-14,33-34,36-38,42-43H2,1-12H3,(H,96,98). The van der Waals surface area contributed by atoms with Gasteiger partial charge in [0.15, 0.2) is 5.60 Å². The van der Waals surface area contributed by atoms with Gasteiger partial charge in [-0.15, -0.1) is 0 Å². The summed E-state index contributed by atoms with van der Waals surface area (Å²) in [6.07, 6.45) is -13.3. The summed E-state index contributed by atoms with van der Waals surface area (Å²) >= 11 is 0. The van der Waals surface area contributed by atoms with E-state index in [4.69, 9.17) is 46.9 Å². The van der Waals surface area contributed by atoms with Gasteiger partial charge in [0.1, 0.15) is 46.2 Å². The van der Waals surface area contributed by atoms with Crippen molar-refractivity contribution in [2.75, 3.05) is 47.2 Å². The van der Waals surface area contributed by atoms with Crippen LogP contribution in [-0.2, 0) is 50.5 Å². The molecule has 17 nitrogen and oxygen atoms in total. The average molecular weight is 1620 g/mol. The summed E-state index contributed by atoms with van der Waals surface area (Å²) in [5.74, 6) is -59.1. The van der Waals surface area contributed by atoms with Gasteiger partial charge in [-0.2, -0.15) is 79.9 Å². The number of carbonyl (C=O) groups excluding carboxylic acids is 4. The number of carbonyl (C=O) groups is 4. The number of nitriles is 1. The van der Waals surface area contributed by atoms with Crippen LogP contribution < -0.4 is 29.0 Å². The molecule has 35 heteroatoms. The van der Waals surface area contributed by atoms with Gasteiger partial charge in [-0.25, -0.2) is 9.46 Å². The maximum absolute atomic E-state index is 15.4. The fourth-order valence-electron chi connectivity index (χ4n) is 11.9. The van der Waals surface area contributed by atoms with Crippen LogP contribution >= 0.6 is 8.53 Å². The lowest BCUT2D eigenvalue weighted by Crippen LogP contribution is -2.74. The number of fused-ring (bicyclic) bond motifs is 6. The zero-order valence-corrected chi connectivity index (χ0v) is 63.1. The van der Waals surface area contributed by atoms with Crippen molar-refractivity contribution in [1.29, 1.82) is 5.26 Å². The normalized spacial score (nSPS) is 14.9. The lowest BCUT2D eigenvalue weighted by atomic mass is 9.77. The van der Waals surface area contributed by atoms with Crippen molar-refractivity contribution in [3.63, 3.8) is 0 Å². The molecular formula is C77H79F17N3O14P. The highest BCUT2D eigenvalue weighted by atomic mass is 31.2. The van der Waals surface area contributed by atoms with Gasteiger partial charge in [0, 0.05) is 66.0 Å². The zero-order chi connectivity index (χ0) is 83.6. The summed E-state index contributed by atoms with van der Waals surface area (Å²) in [7, 11) is 0.551. The van der Waals surface area contributed by atoms with Gasteiger partial charge in [0.25, 0.3) is 14.4 Å². The molecule has 1 amide bonds.